The Balaban J connectivity index is 2.03. The predicted molar refractivity (Wildman–Crippen MR) is 78.9 cm³/mol. The second-order valence-electron chi connectivity index (χ2n) is 4.90. The van der Waals surface area contributed by atoms with E-state index in [1.165, 1.54) is 12.1 Å². The number of carbonyl (C=O) groups excluding carboxylic acids is 2. The van der Waals surface area contributed by atoms with Gasteiger partial charge in [0.05, 0.1) is 16.6 Å². The molecular weight excluding hydrogens is 278 g/mol. The fourth-order valence-electron chi connectivity index (χ4n) is 2.27. The number of halogens is 1. The zero-order valence-corrected chi connectivity index (χ0v) is 11.9. The Bertz CT molecular complexity index is 511. The van der Waals surface area contributed by atoms with Crippen molar-refractivity contribution >= 4 is 29.1 Å². The largest absolute Gasteiger partial charge is 0.366 e. The van der Waals surface area contributed by atoms with Crippen LogP contribution in [0.5, 0.6) is 0 Å². The van der Waals surface area contributed by atoms with Crippen molar-refractivity contribution in [1.29, 1.82) is 0 Å². The summed E-state index contributed by atoms with van der Waals surface area (Å²) < 4.78 is 0. The zero-order valence-electron chi connectivity index (χ0n) is 11.1. The molecule has 1 heterocycles. The lowest BCUT2D eigenvalue weighted by molar-refractivity contribution is -0.118. The molecule has 1 unspecified atom stereocenters. The van der Waals surface area contributed by atoms with E-state index in [1.807, 2.05) is 0 Å². The van der Waals surface area contributed by atoms with E-state index in [-0.39, 0.29) is 22.5 Å². The number of primary amides is 1. The van der Waals surface area contributed by atoms with Crippen LogP contribution in [0.25, 0.3) is 0 Å². The molecule has 6 heteroatoms. The van der Waals surface area contributed by atoms with Gasteiger partial charge in [-0.3, -0.25) is 9.59 Å². The molecule has 0 radical (unpaired) electrons. The van der Waals surface area contributed by atoms with Crippen LogP contribution in [0.2, 0.25) is 5.02 Å². The molecule has 1 atom stereocenters. The first kappa shape index (κ1) is 14.8. The third-order valence-corrected chi connectivity index (χ3v) is 3.69. The Labute approximate surface area is 122 Å². The molecule has 2 amide bonds. The average molecular weight is 296 g/mol. The summed E-state index contributed by atoms with van der Waals surface area (Å²) in [6.45, 7) is 0.861. The summed E-state index contributed by atoms with van der Waals surface area (Å²) in [6.07, 6.45) is 4.13. The second kappa shape index (κ2) is 6.72. The molecule has 1 aromatic carbocycles. The maximum atomic E-state index is 12.1. The monoisotopic (exact) mass is 295 g/mol. The molecule has 0 spiro atoms. The Kier molecular flexibility index (Phi) is 4.98. The topological polar surface area (TPSA) is 84.2 Å². The number of benzene rings is 1. The van der Waals surface area contributed by atoms with E-state index in [0.29, 0.717) is 5.69 Å². The summed E-state index contributed by atoms with van der Waals surface area (Å²) >= 11 is 5.95. The SMILES string of the molecule is NC(=O)c1ccc(NC(=O)C2CCCCCN2)cc1Cl. The van der Waals surface area contributed by atoms with E-state index in [0.717, 1.165) is 32.2 Å². The highest BCUT2D eigenvalue weighted by molar-refractivity contribution is 6.34. The van der Waals surface area contributed by atoms with Crippen LogP contribution in [0.3, 0.4) is 0 Å². The van der Waals surface area contributed by atoms with E-state index in [1.54, 1.807) is 6.07 Å². The number of hydrogen-bond acceptors (Lipinski definition) is 3. The van der Waals surface area contributed by atoms with E-state index in [9.17, 15) is 9.59 Å². The molecule has 0 saturated carbocycles. The lowest BCUT2D eigenvalue weighted by Gasteiger charge is -2.16. The first-order chi connectivity index (χ1) is 9.58. The van der Waals surface area contributed by atoms with Crippen LogP contribution < -0.4 is 16.4 Å². The number of anilines is 1. The van der Waals surface area contributed by atoms with Crippen LogP contribution in [-0.4, -0.2) is 24.4 Å². The van der Waals surface area contributed by atoms with Crippen molar-refractivity contribution in [3.63, 3.8) is 0 Å². The fourth-order valence-corrected chi connectivity index (χ4v) is 2.55. The number of amides is 2. The van der Waals surface area contributed by atoms with Crippen molar-refractivity contribution in [3.8, 4) is 0 Å². The smallest absolute Gasteiger partial charge is 0.250 e. The molecule has 1 aliphatic heterocycles. The molecule has 5 nitrogen and oxygen atoms in total. The van der Waals surface area contributed by atoms with Crippen LogP contribution in [0.1, 0.15) is 36.0 Å². The number of hydrogen-bond donors (Lipinski definition) is 3. The second-order valence-corrected chi connectivity index (χ2v) is 5.31. The van der Waals surface area contributed by atoms with Crippen LogP contribution >= 0.6 is 11.6 Å². The summed E-state index contributed by atoms with van der Waals surface area (Å²) in [5.41, 5.74) is 5.99. The van der Waals surface area contributed by atoms with Gasteiger partial charge in [0.15, 0.2) is 0 Å². The molecule has 0 bridgehead atoms. The van der Waals surface area contributed by atoms with Crippen molar-refractivity contribution in [2.45, 2.75) is 31.7 Å². The normalized spacial score (nSPS) is 19.1. The quantitative estimate of drug-likeness (QED) is 0.796. The van der Waals surface area contributed by atoms with Gasteiger partial charge < -0.3 is 16.4 Å². The van der Waals surface area contributed by atoms with Crippen LogP contribution in [0.4, 0.5) is 5.69 Å². The molecule has 1 saturated heterocycles. The van der Waals surface area contributed by atoms with Crippen LogP contribution in [0.15, 0.2) is 18.2 Å². The summed E-state index contributed by atoms with van der Waals surface area (Å²) in [5.74, 6) is -0.659. The highest BCUT2D eigenvalue weighted by Gasteiger charge is 2.19. The average Bonchev–Trinajstić information content (AvgIpc) is 2.67. The van der Waals surface area contributed by atoms with Gasteiger partial charge >= 0.3 is 0 Å². The predicted octanol–water partition coefficient (Wildman–Crippen LogP) is 1.91. The molecule has 1 aromatic rings. The van der Waals surface area contributed by atoms with Gasteiger partial charge in [-0.2, -0.15) is 0 Å². The number of nitrogens with two attached hydrogens (primary N) is 1. The van der Waals surface area contributed by atoms with Crippen molar-refractivity contribution in [1.82, 2.24) is 5.32 Å². The number of carbonyl (C=O) groups is 2. The summed E-state index contributed by atoms with van der Waals surface area (Å²) in [5, 5.41) is 6.28. The Morgan fingerprint density at radius 1 is 1.30 bits per heavy atom. The lowest BCUT2D eigenvalue weighted by Crippen LogP contribution is -2.39. The standard InChI is InChI=1S/C14H18ClN3O2/c15-11-8-9(5-6-10(11)13(16)19)18-14(20)12-4-2-1-3-7-17-12/h5-6,8,12,17H,1-4,7H2,(H2,16,19)(H,18,20). The summed E-state index contributed by atoms with van der Waals surface area (Å²) in [6, 6.07) is 4.50. The van der Waals surface area contributed by atoms with Gasteiger partial charge in [0.1, 0.15) is 0 Å². The Morgan fingerprint density at radius 3 is 2.80 bits per heavy atom. The van der Waals surface area contributed by atoms with Crippen molar-refractivity contribution in [2.24, 2.45) is 5.73 Å². The van der Waals surface area contributed by atoms with Crippen LogP contribution in [-0.2, 0) is 4.79 Å². The maximum Gasteiger partial charge on any atom is 0.250 e. The highest BCUT2D eigenvalue weighted by Crippen LogP contribution is 2.21. The van der Waals surface area contributed by atoms with Gasteiger partial charge in [0.25, 0.3) is 0 Å². The van der Waals surface area contributed by atoms with E-state index < -0.39 is 5.91 Å². The van der Waals surface area contributed by atoms with Crippen LogP contribution in [0, 0.1) is 0 Å². The zero-order chi connectivity index (χ0) is 14.5. The molecule has 0 aromatic heterocycles. The van der Waals surface area contributed by atoms with Gasteiger partial charge in [0.2, 0.25) is 11.8 Å². The summed E-state index contributed by atoms with van der Waals surface area (Å²) in [7, 11) is 0. The van der Waals surface area contributed by atoms with E-state index in [2.05, 4.69) is 10.6 Å². The molecule has 4 N–H and O–H groups in total. The lowest BCUT2D eigenvalue weighted by atomic mass is 10.1. The van der Waals surface area contributed by atoms with Gasteiger partial charge in [-0.25, -0.2) is 0 Å². The van der Waals surface area contributed by atoms with E-state index in [4.69, 9.17) is 17.3 Å². The fraction of sp³-hybridized carbons (Fsp3) is 0.429. The number of nitrogens with one attached hydrogen (secondary N) is 2. The van der Waals surface area contributed by atoms with Gasteiger partial charge in [-0.15, -0.1) is 0 Å². The Morgan fingerprint density at radius 2 is 2.10 bits per heavy atom. The van der Waals surface area contributed by atoms with Gasteiger partial charge in [-0.05, 0) is 37.6 Å². The third kappa shape index (κ3) is 3.71. The maximum absolute atomic E-state index is 12.1. The minimum absolute atomic E-state index is 0.0743. The Hall–Kier alpha value is -1.59. The van der Waals surface area contributed by atoms with Gasteiger partial charge in [-0.1, -0.05) is 24.4 Å². The molecule has 1 fully saturated rings. The van der Waals surface area contributed by atoms with Crippen molar-refractivity contribution in [2.75, 3.05) is 11.9 Å². The molecule has 0 aliphatic carbocycles. The van der Waals surface area contributed by atoms with E-state index >= 15 is 0 Å². The highest BCUT2D eigenvalue weighted by atomic mass is 35.5. The first-order valence-corrected chi connectivity index (χ1v) is 7.09. The number of rotatable bonds is 3. The molecule has 1 aliphatic rings. The minimum Gasteiger partial charge on any atom is -0.366 e. The minimum atomic E-state index is -0.585. The van der Waals surface area contributed by atoms with Gasteiger partial charge in [0, 0.05) is 5.69 Å². The molecule has 108 valence electrons. The first-order valence-electron chi connectivity index (χ1n) is 6.71. The molecule has 20 heavy (non-hydrogen) atoms. The van der Waals surface area contributed by atoms with Crippen molar-refractivity contribution in [3.05, 3.63) is 28.8 Å². The molecule has 2 rings (SSSR count). The summed E-state index contributed by atoms with van der Waals surface area (Å²) in [4.78, 5) is 23.2. The molecular formula is C14H18ClN3O2. The van der Waals surface area contributed by atoms with Crippen molar-refractivity contribution < 1.29 is 9.59 Å². The third-order valence-electron chi connectivity index (χ3n) is 3.38.